The van der Waals surface area contributed by atoms with E-state index in [9.17, 15) is 9.18 Å². The molecule has 0 heterocycles. The fourth-order valence-electron chi connectivity index (χ4n) is 2.41. The largest absolute Gasteiger partial charge is 0.489 e. The average molecular weight is 346 g/mol. The summed E-state index contributed by atoms with van der Waals surface area (Å²) in [7, 11) is 0. The van der Waals surface area contributed by atoms with Crippen molar-refractivity contribution in [3.05, 3.63) is 107 Å². The van der Waals surface area contributed by atoms with Gasteiger partial charge in [0, 0.05) is 5.56 Å². The van der Waals surface area contributed by atoms with E-state index < -0.39 is 0 Å². The molecule has 0 aliphatic heterocycles. The zero-order valence-corrected chi connectivity index (χ0v) is 14.5. The zero-order chi connectivity index (χ0) is 18.4. The van der Waals surface area contributed by atoms with E-state index in [0.717, 1.165) is 11.1 Å². The smallest absolute Gasteiger partial charge is 0.185 e. The Morgan fingerprint density at radius 2 is 1.58 bits per heavy atom. The second-order valence-corrected chi connectivity index (χ2v) is 6.05. The van der Waals surface area contributed by atoms with Gasteiger partial charge in [0.2, 0.25) is 0 Å². The Hall–Kier alpha value is -3.20. The summed E-state index contributed by atoms with van der Waals surface area (Å²) in [5.74, 6) is 0.304. The number of ketones is 1. The average Bonchev–Trinajstić information content (AvgIpc) is 2.67. The molecule has 3 heteroatoms. The predicted octanol–water partition coefficient (Wildman–Crippen LogP) is 5.61. The lowest BCUT2D eigenvalue weighted by Gasteiger charge is -2.07. The van der Waals surface area contributed by atoms with Crippen LogP contribution in [-0.4, -0.2) is 5.78 Å². The quantitative estimate of drug-likeness (QED) is 0.428. The molecule has 3 aromatic carbocycles. The van der Waals surface area contributed by atoms with Crippen LogP contribution in [0.4, 0.5) is 4.39 Å². The molecule has 0 aromatic heterocycles. The summed E-state index contributed by atoms with van der Waals surface area (Å²) in [5, 5.41) is 0. The third-order valence-corrected chi connectivity index (χ3v) is 3.96. The van der Waals surface area contributed by atoms with Crippen LogP contribution in [-0.2, 0) is 6.61 Å². The first kappa shape index (κ1) is 17.6. The number of rotatable bonds is 6. The van der Waals surface area contributed by atoms with Crippen molar-refractivity contribution in [1.29, 1.82) is 0 Å². The van der Waals surface area contributed by atoms with Crippen LogP contribution >= 0.6 is 0 Å². The van der Waals surface area contributed by atoms with Crippen LogP contribution in [0.2, 0.25) is 0 Å². The molecule has 0 saturated heterocycles. The molecule has 0 saturated carbocycles. The minimum Gasteiger partial charge on any atom is -0.489 e. The maximum Gasteiger partial charge on any atom is 0.185 e. The van der Waals surface area contributed by atoms with Crippen LogP contribution in [0.25, 0.3) is 6.08 Å². The fourth-order valence-corrected chi connectivity index (χ4v) is 2.41. The molecule has 0 fully saturated rings. The van der Waals surface area contributed by atoms with E-state index in [1.807, 2.05) is 31.2 Å². The third-order valence-electron chi connectivity index (χ3n) is 3.96. The summed E-state index contributed by atoms with van der Waals surface area (Å²) < 4.78 is 18.6. The third kappa shape index (κ3) is 4.90. The van der Waals surface area contributed by atoms with E-state index in [1.54, 1.807) is 42.5 Å². The second-order valence-electron chi connectivity index (χ2n) is 6.05. The molecule has 2 nitrogen and oxygen atoms in total. The number of carbonyl (C=O) groups is 1. The molecular weight excluding hydrogens is 327 g/mol. The summed E-state index contributed by atoms with van der Waals surface area (Å²) in [6.07, 6.45) is 3.15. The number of allylic oxidation sites excluding steroid dienone is 1. The van der Waals surface area contributed by atoms with Gasteiger partial charge in [0.05, 0.1) is 0 Å². The van der Waals surface area contributed by atoms with E-state index in [0.29, 0.717) is 17.9 Å². The molecule has 0 aliphatic carbocycles. The van der Waals surface area contributed by atoms with Crippen LogP contribution in [0.3, 0.4) is 0 Å². The molecule has 3 aromatic rings. The number of aryl methyl sites for hydroxylation is 1. The normalized spacial score (nSPS) is 10.8. The molecule has 130 valence electrons. The molecule has 0 unspecified atom stereocenters. The Morgan fingerprint density at radius 1 is 0.923 bits per heavy atom. The van der Waals surface area contributed by atoms with Crippen molar-refractivity contribution >= 4 is 11.9 Å². The zero-order valence-electron chi connectivity index (χ0n) is 14.5. The van der Waals surface area contributed by atoms with E-state index in [4.69, 9.17) is 4.74 Å². The summed E-state index contributed by atoms with van der Waals surface area (Å²) in [6, 6.07) is 21.2. The molecule has 0 spiro atoms. The lowest BCUT2D eigenvalue weighted by molar-refractivity contribution is 0.104. The summed E-state index contributed by atoms with van der Waals surface area (Å²) in [6.45, 7) is 2.53. The van der Waals surface area contributed by atoms with Gasteiger partial charge in [0.15, 0.2) is 5.78 Å². The van der Waals surface area contributed by atoms with Gasteiger partial charge in [0.25, 0.3) is 0 Å². The van der Waals surface area contributed by atoms with Gasteiger partial charge in [0.1, 0.15) is 18.2 Å². The number of ether oxygens (including phenoxy) is 1. The van der Waals surface area contributed by atoms with Crippen LogP contribution < -0.4 is 4.74 Å². The fraction of sp³-hybridized carbons (Fsp3) is 0.0870. The Kier molecular flexibility index (Phi) is 5.59. The molecule has 0 radical (unpaired) electrons. The van der Waals surface area contributed by atoms with E-state index in [-0.39, 0.29) is 11.6 Å². The van der Waals surface area contributed by atoms with Crippen molar-refractivity contribution < 1.29 is 13.9 Å². The highest BCUT2D eigenvalue weighted by Gasteiger charge is 2.03. The lowest BCUT2D eigenvalue weighted by atomic mass is 10.1. The van der Waals surface area contributed by atoms with E-state index >= 15 is 0 Å². The van der Waals surface area contributed by atoms with Crippen molar-refractivity contribution in [2.75, 3.05) is 0 Å². The van der Waals surface area contributed by atoms with Crippen LogP contribution in [0.5, 0.6) is 5.75 Å². The Bertz CT molecular complexity index is 892. The maximum atomic E-state index is 12.9. The van der Waals surface area contributed by atoms with Crippen molar-refractivity contribution in [1.82, 2.24) is 0 Å². The number of hydrogen-bond donors (Lipinski definition) is 0. The summed E-state index contributed by atoms with van der Waals surface area (Å²) in [5.41, 5.74) is 3.66. The van der Waals surface area contributed by atoms with Crippen LogP contribution in [0, 0.1) is 12.7 Å². The van der Waals surface area contributed by atoms with E-state index in [1.165, 1.54) is 23.8 Å². The van der Waals surface area contributed by atoms with Crippen molar-refractivity contribution in [3.8, 4) is 5.75 Å². The Balaban J connectivity index is 1.58. The number of hydrogen-bond acceptors (Lipinski definition) is 2. The molecule has 0 N–H and O–H groups in total. The maximum absolute atomic E-state index is 12.9. The molecule has 0 bridgehead atoms. The van der Waals surface area contributed by atoms with Gasteiger partial charge in [-0.3, -0.25) is 4.79 Å². The summed E-state index contributed by atoms with van der Waals surface area (Å²) in [4.78, 5) is 12.2. The SMILES string of the molecule is Cc1ccc(COc2ccc(C(=O)/C=C/c3ccc(F)cc3)cc2)cc1. The van der Waals surface area contributed by atoms with Crippen molar-refractivity contribution in [2.24, 2.45) is 0 Å². The lowest BCUT2D eigenvalue weighted by Crippen LogP contribution is -1.97. The number of halogens is 1. The van der Waals surface area contributed by atoms with E-state index in [2.05, 4.69) is 0 Å². The van der Waals surface area contributed by atoms with Crippen molar-refractivity contribution in [2.45, 2.75) is 13.5 Å². The Labute approximate surface area is 152 Å². The van der Waals surface area contributed by atoms with Gasteiger partial charge in [-0.05, 0) is 60.5 Å². The monoisotopic (exact) mass is 346 g/mol. The molecular formula is C23H19FO2. The molecule has 26 heavy (non-hydrogen) atoms. The highest BCUT2D eigenvalue weighted by Crippen LogP contribution is 2.16. The highest BCUT2D eigenvalue weighted by atomic mass is 19.1. The first-order valence-electron chi connectivity index (χ1n) is 8.36. The molecule has 3 rings (SSSR count). The predicted molar refractivity (Wildman–Crippen MR) is 102 cm³/mol. The Morgan fingerprint density at radius 3 is 2.23 bits per heavy atom. The van der Waals surface area contributed by atoms with Gasteiger partial charge in [-0.1, -0.05) is 48.0 Å². The first-order valence-corrected chi connectivity index (χ1v) is 8.36. The van der Waals surface area contributed by atoms with Gasteiger partial charge < -0.3 is 4.74 Å². The van der Waals surface area contributed by atoms with Crippen LogP contribution in [0.1, 0.15) is 27.0 Å². The molecule has 0 amide bonds. The minimum atomic E-state index is -0.297. The second kappa shape index (κ2) is 8.26. The first-order chi connectivity index (χ1) is 12.6. The molecule has 0 atom stereocenters. The van der Waals surface area contributed by atoms with Gasteiger partial charge in [-0.25, -0.2) is 4.39 Å². The number of carbonyl (C=O) groups excluding carboxylic acids is 1. The van der Waals surface area contributed by atoms with Gasteiger partial charge >= 0.3 is 0 Å². The van der Waals surface area contributed by atoms with Crippen molar-refractivity contribution in [3.63, 3.8) is 0 Å². The summed E-state index contributed by atoms with van der Waals surface area (Å²) >= 11 is 0. The highest BCUT2D eigenvalue weighted by molar-refractivity contribution is 6.06. The standard InChI is InChI=1S/C23H19FO2/c1-17-2-4-19(5-3-17)16-26-22-13-9-20(10-14-22)23(25)15-8-18-6-11-21(24)12-7-18/h2-15H,16H2,1H3/b15-8+. The van der Waals surface area contributed by atoms with Gasteiger partial charge in [-0.15, -0.1) is 0 Å². The van der Waals surface area contributed by atoms with Gasteiger partial charge in [-0.2, -0.15) is 0 Å². The topological polar surface area (TPSA) is 26.3 Å². The minimum absolute atomic E-state index is 0.112. The molecule has 0 aliphatic rings. The van der Waals surface area contributed by atoms with Crippen LogP contribution in [0.15, 0.2) is 78.9 Å². The number of benzene rings is 3.